The SMILES string of the molecule is O=[N+]([O-])c1ccc(S(=O)(=O)Cl)c2cnccc12. The summed E-state index contributed by atoms with van der Waals surface area (Å²) in [5, 5.41) is 11.1. The number of benzene rings is 1. The van der Waals surface area contributed by atoms with Gasteiger partial charge in [-0.1, -0.05) is 0 Å². The molecule has 0 fully saturated rings. The zero-order valence-electron chi connectivity index (χ0n) is 8.20. The lowest BCUT2D eigenvalue weighted by atomic mass is 10.1. The number of hydrogen-bond acceptors (Lipinski definition) is 5. The predicted octanol–water partition coefficient (Wildman–Crippen LogP) is 2.07. The Kier molecular flexibility index (Phi) is 2.72. The topological polar surface area (TPSA) is 90.2 Å². The maximum absolute atomic E-state index is 11.3. The Morgan fingerprint density at radius 2 is 1.94 bits per heavy atom. The first-order valence-corrected chi connectivity index (χ1v) is 6.68. The van der Waals surface area contributed by atoms with Crippen molar-refractivity contribution < 1.29 is 13.3 Å². The van der Waals surface area contributed by atoms with Gasteiger partial charge in [0.2, 0.25) is 0 Å². The Balaban J connectivity index is 2.95. The van der Waals surface area contributed by atoms with Crippen molar-refractivity contribution in [2.24, 2.45) is 0 Å². The number of fused-ring (bicyclic) bond motifs is 1. The second kappa shape index (κ2) is 3.94. The Morgan fingerprint density at radius 1 is 1.24 bits per heavy atom. The molecule has 6 nitrogen and oxygen atoms in total. The standard InChI is InChI=1S/C9H5ClN2O4S/c10-17(15,16)9-2-1-8(12(13)14)6-3-4-11-5-7(6)9/h1-5H. The molecule has 0 radical (unpaired) electrons. The summed E-state index contributed by atoms with van der Waals surface area (Å²) in [6, 6.07) is 3.58. The van der Waals surface area contributed by atoms with Crippen molar-refractivity contribution >= 4 is 36.2 Å². The van der Waals surface area contributed by atoms with E-state index in [1.807, 2.05) is 0 Å². The van der Waals surface area contributed by atoms with Crippen LogP contribution in [0.1, 0.15) is 0 Å². The fourth-order valence-electron chi connectivity index (χ4n) is 1.52. The molecule has 0 saturated carbocycles. The largest absolute Gasteiger partial charge is 0.277 e. The molecule has 17 heavy (non-hydrogen) atoms. The monoisotopic (exact) mass is 272 g/mol. The molecule has 0 spiro atoms. The first-order chi connectivity index (χ1) is 7.91. The van der Waals surface area contributed by atoms with Gasteiger partial charge in [0.05, 0.1) is 15.2 Å². The van der Waals surface area contributed by atoms with E-state index in [1.165, 1.54) is 18.5 Å². The third-order valence-corrected chi connectivity index (χ3v) is 3.59. The minimum Gasteiger partial charge on any atom is -0.264 e. The molecule has 0 aliphatic carbocycles. The number of halogens is 1. The van der Waals surface area contributed by atoms with E-state index in [9.17, 15) is 18.5 Å². The van der Waals surface area contributed by atoms with E-state index < -0.39 is 14.0 Å². The van der Waals surface area contributed by atoms with Gasteiger partial charge in [-0.2, -0.15) is 0 Å². The van der Waals surface area contributed by atoms with E-state index in [0.717, 1.165) is 12.1 Å². The van der Waals surface area contributed by atoms with E-state index in [1.54, 1.807) is 0 Å². The minimum atomic E-state index is -3.96. The van der Waals surface area contributed by atoms with Crippen molar-refractivity contribution in [1.82, 2.24) is 4.98 Å². The number of pyridine rings is 1. The molecule has 2 aromatic rings. The third-order valence-electron chi connectivity index (χ3n) is 2.21. The molecule has 1 heterocycles. The van der Waals surface area contributed by atoms with Crippen molar-refractivity contribution in [2.45, 2.75) is 4.90 Å². The van der Waals surface area contributed by atoms with Gasteiger partial charge in [0.1, 0.15) is 0 Å². The normalized spacial score (nSPS) is 11.6. The lowest BCUT2D eigenvalue weighted by Gasteiger charge is -2.03. The van der Waals surface area contributed by atoms with Crippen molar-refractivity contribution in [1.29, 1.82) is 0 Å². The summed E-state index contributed by atoms with van der Waals surface area (Å²) in [5.41, 5.74) is -0.188. The van der Waals surface area contributed by atoms with Gasteiger partial charge in [-0.25, -0.2) is 8.42 Å². The van der Waals surface area contributed by atoms with Gasteiger partial charge in [-0.05, 0) is 12.1 Å². The number of aromatic nitrogens is 1. The van der Waals surface area contributed by atoms with Gasteiger partial charge >= 0.3 is 0 Å². The first kappa shape index (κ1) is 11.7. The van der Waals surface area contributed by atoms with Crippen molar-refractivity contribution in [3.63, 3.8) is 0 Å². The number of nitro groups is 1. The maximum Gasteiger partial charge on any atom is 0.277 e. The fourth-order valence-corrected chi connectivity index (χ4v) is 2.58. The second-order valence-corrected chi connectivity index (χ2v) is 5.73. The molecule has 1 aromatic carbocycles. The Hall–Kier alpha value is -1.73. The number of nitrogens with zero attached hydrogens (tertiary/aromatic N) is 2. The van der Waals surface area contributed by atoms with Crippen molar-refractivity contribution in [3.8, 4) is 0 Å². The van der Waals surface area contributed by atoms with Crippen LogP contribution in [0.4, 0.5) is 5.69 Å². The maximum atomic E-state index is 11.3. The van der Waals surface area contributed by atoms with Crippen molar-refractivity contribution in [3.05, 3.63) is 40.7 Å². The highest BCUT2D eigenvalue weighted by atomic mass is 35.7. The molecule has 2 rings (SSSR count). The van der Waals surface area contributed by atoms with E-state index in [2.05, 4.69) is 4.98 Å². The lowest BCUT2D eigenvalue weighted by molar-refractivity contribution is -0.383. The average molecular weight is 273 g/mol. The molecule has 0 saturated heterocycles. The van der Waals surface area contributed by atoms with Gasteiger partial charge in [0, 0.05) is 34.5 Å². The Bertz CT molecular complexity index is 714. The summed E-state index contributed by atoms with van der Waals surface area (Å²) in [4.78, 5) is 13.7. The molecule has 0 amide bonds. The van der Waals surface area contributed by atoms with E-state index in [4.69, 9.17) is 10.7 Å². The van der Waals surface area contributed by atoms with Crippen LogP contribution in [-0.2, 0) is 9.05 Å². The molecule has 0 aliphatic rings. The summed E-state index contributed by atoms with van der Waals surface area (Å²) in [7, 11) is 1.28. The molecule has 0 N–H and O–H groups in total. The highest BCUT2D eigenvalue weighted by Gasteiger charge is 2.20. The molecule has 0 aliphatic heterocycles. The zero-order valence-corrected chi connectivity index (χ0v) is 9.77. The number of non-ortho nitro benzene ring substituents is 1. The highest BCUT2D eigenvalue weighted by molar-refractivity contribution is 8.14. The molecule has 0 unspecified atom stereocenters. The van der Waals surface area contributed by atoms with Gasteiger partial charge in [0.25, 0.3) is 14.7 Å². The average Bonchev–Trinajstić information content (AvgIpc) is 2.26. The summed E-state index contributed by atoms with van der Waals surface area (Å²) in [6.07, 6.45) is 2.58. The minimum absolute atomic E-state index is 0.136. The predicted molar refractivity (Wildman–Crippen MR) is 61.4 cm³/mol. The number of nitro benzene ring substituents is 1. The van der Waals surface area contributed by atoms with Gasteiger partial charge < -0.3 is 0 Å². The molecular formula is C9H5ClN2O4S. The smallest absolute Gasteiger partial charge is 0.264 e. The van der Waals surface area contributed by atoms with Crippen LogP contribution in [0.15, 0.2) is 35.5 Å². The van der Waals surface area contributed by atoms with Crippen LogP contribution in [0, 0.1) is 10.1 Å². The van der Waals surface area contributed by atoms with E-state index in [-0.39, 0.29) is 21.4 Å². The van der Waals surface area contributed by atoms with Crippen LogP contribution in [0.2, 0.25) is 0 Å². The molecule has 0 bridgehead atoms. The summed E-state index contributed by atoms with van der Waals surface area (Å²) >= 11 is 0. The highest BCUT2D eigenvalue weighted by Crippen LogP contribution is 2.31. The van der Waals surface area contributed by atoms with Crippen LogP contribution in [0.3, 0.4) is 0 Å². The van der Waals surface area contributed by atoms with Crippen LogP contribution >= 0.6 is 10.7 Å². The van der Waals surface area contributed by atoms with Crippen LogP contribution < -0.4 is 0 Å². The number of hydrogen-bond donors (Lipinski definition) is 0. The van der Waals surface area contributed by atoms with Crippen LogP contribution in [0.25, 0.3) is 10.8 Å². The van der Waals surface area contributed by atoms with Crippen molar-refractivity contribution in [2.75, 3.05) is 0 Å². The van der Waals surface area contributed by atoms with E-state index >= 15 is 0 Å². The lowest BCUT2D eigenvalue weighted by Crippen LogP contribution is -1.96. The molecular weight excluding hydrogens is 268 g/mol. The van der Waals surface area contributed by atoms with Gasteiger partial charge in [0.15, 0.2) is 0 Å². The zero-order chi connectivity index (χ0) is 12.6. The summed E-state index contributed by atoms with van der Waals surface area (Å²) in [5.74, 6) is 0. The fraction of sp³-hybridized carbons (Fsp3) is 0. The van der Waals surface area contributed by atoms with Crippen LogP contribution in [-0.4, -0.2) is 18.3 Å². The first-order valence-electron chi connectivity index (χ1n) is 4.37. The van der Waals surface area contributed by atoms with Gasteiger partial charge in [-0.3, -0.25) is 15.1 Å². The summed E-state index contributed by atoms with van der Waals surface area (Å²) in [6.45, 7) is 0. The Morgan fingerprint density at radius 3 is 2.53 bits per heavy atom. The quantitative estimate of drug-likeness (QED) is 0.474. The Labute approximate surface area is 100 Å². The number of rotatable bonds is 2. The third kappa shape index (κ3) is 2.06. The van der Waals surface area contributed by atoms with Crippen LogP contribution in [0.5, 0.6) is 0 Å². The molecule has 0 atom stereocenters. The molecule has 8 heteroatoms. The second-order valence-electron chi connectivity index (χ2n) is 3.20. The molecule has 88 valence electrons. The summed E-state index contributed by atoms with van der Waals surface area (Å²) < 4.78 is 22.6. The van der Waals surface area contributed by atoms with Gasteiger partial charge in [-0.15, -0.1) is 0 Å². The van der Waals surface area contributed by atoms with E-state index in [0.29, 0.717) is 0 Å². The molecule has 1 aromatic heterocycles.